The van der Waals surface area contributed by atoms with Gasteiger partial charge in [-0.15, -0.1) is 0 Å². The molecule has 1 saturated heterocycles. The molecule has 4 nitrogen and oxygen atoms in total. The summed E-state index contributed by atoms with van der Waals surface area (Å²) in [5.74, 6) is -0.794. The summed E-state index contributed by atoms with van der Waals surface area (Å²) >= 11 is 0. The Kier molecular flexibility index (Phi) is 3.45. The number of aliphatic carboxylic acids is 1. The van der Waals surface area contributed by atoms with Crippen molar-refractivity contribution in [2.75, 3.05) is 13.2 Å². The SMILES string of the molecule is O=C(O)C1(c2ccc(CO)cc2)CCOCC1. The maximum absolute atomic E-state index is 11.5. The molecular weight excluding hydrogens is 220 g/mol. The van der Waals surface area contributed by atoms with E-state index in [1.54, 1.807) is 24.3 Å². The second kappa shape index (κ2) is 4.85. The fraction of sp³-hybridized carbons (Fsp3) is 0.462. The number of carboxylic acid groups (broad SMARTS) is 1. The molecule has 0 unspecified atom stereocenters. The highest BCUT2D eigenvalue weighted by molar-refractivity contribution is 5.81. The Balaban J connectivity index is 2.34. The van der Waals surface area contributed by atoms with E-state index in [4.69, 9.17) is 9.84 Å². The highest BCUT2D eigenvalue weighted by Crippen LogP contribution is 2.35. The molecule has 1 aliphatic rings. The first-order valence-electron chi connectivity index (χ1n) is 5.70. The van der Waals surface area contributed by atoms with Crippen molar-refractivity contribution in [3.63, 3.8) is 0 Å². The Bertz CT molecular complexity index is 390. The van der Waals surface area contributed by atoms with Gasteiger partial charge in [0.05, 0.1) is 12.0 Å². The highest BCUT2D eigenvalue weighted by atomic mass is 16.5. The predicted molar refractivity (Wildman–Crippen MR) is 61.7 cm³/mol. The first kappa shape index (κ1) is 12.1. The first-order chi connectivity index (χ1) is 8.19. The number of carbonyl (C=O) groups is 1. The van der Waals surface area contributed by atoms with Crippen molar-refractivity contribution in [3.05, 3.63) is 35.4 Å². The largest absolute Gasteiger partial charge is 0.481 e. The summed E-state index contributed by atoms with van der Waals surface area (Å²) in [6, 6.07) is 7.14. The van der Waals surface area contributed by atoms with Crippen molar-refractivity contribution in [1.82, 2.24) is 0 Å². The van der Waals surface area contributed by atoms with Crippen LogP contribution >= 0.6 is 0 Å². The molecule has 0 spiro atoms. The number of benzene rings is 1. The lowest BCUT2D eigenvalue weighted by Gasteiger charge is -2.33. The van der Waals surface area contributed by atoms with Gasteiger partial charge in [-0.1, -0.05) is 24.3 Å². The summed E-state index contributed by atoms with van der Waals surface area (Å²) in [7, 11) is 0. The van der Waals surface area contributed by atoms with Crippen LogP contribution in [0.1, 0.15) is 24.0 Å². The van der Waals surface area contributed by atoms with Gasteiger partial charge in [0, 0.05) is 13.2 Å². The second-order valence-corrected chi connectivity index (χ2v) is 4.35. The fourth-order valence-electron chi connectivity index (χ4n) is 2.28. The van der Waals surface area contributed by atoms with Crippen LogP contribution in [0.3, 0.4) is 0 Å². The van der Waals surface area contributed by atoms with Crippen LogP contribution in [0.4, 0.5) is 0 Å². The van der Waals surface area contributed by atoms with Crippen LogP contribution in [0.5, 0.6) is 0 Å². The van der Waals surface area contributed by atoms with Gasteiger partial charge in [-0.25, -0.2) is 0 Å². The molecule has 0 aliphatic carbocycles. The molecular formula is C13H16O4. The Morgan fingerprint density at radius 1 is 1.24 bits per heavy atom. The lowest BCUT2D eigenvalue weighted by molar-refractivity contribution is -0.147. The van der Waals surface area contributed by atoms with E-state index in [1.165, 1.54) is 0 Å². The minimum atomic E-state index is -0.827. The maximum Gasteiger partial charge on any atom is 0.314 e. The van der Waals surface area contributed by atoms with E-state index in [9.17, 15) is 9.90 Å². The van der Waals surface area contributed by atoms with E-state index in [2.05, 4.69) is 0 Å². The molecule has 0 aromatic heterocycles. The third kappa shape index (κ3) is 2.18. The van der Waals surface area contributed by atoms with Gasteiger partial charge in [-0.2, -0.15) is 0 Å². The Morgan fingerprint density at radius 3 is 2.29 bits per heavy atom. The van der Waals surface area contributed by atoms with E-state index < -0.39 is 11.4 Å². The number of aliphatic hydroxyl groups is 1. The molecule has 1 fully saturated rings. The van der Waals surface area contributed by atoms with Crippen LogP contribution in [0.2, 0.25) is 0 Å². The minimum Gasteiger partial charge on any atom is -0.481 e. The normalized spacial score (nSPS) is 18.9. The van der Waals surface area contributed by atoms with E-state index >= 15 is 0 Å². The zero-order valence-corrected chi connectivity index (χ0v) is 9.56. The summed E-state index contributed by atoms with van der Waals surface area (Å²) in [6.45, 7) is 0.936. The summed E-state index contributed by atoms with van der Waals surface area (Å²) in [5, 5.41) is 18.4. The second-order valence-electron chi connectivity index (χ2n) is 4.35. The Labute approximate surface area is 99.8 Å². The summed E-state index contributed by atoms with van der Waals surface area (Å²) < 4.78 is 5.24. The standard InChI is InChI=1S/C13H16O4/c14-9-10-1-3-11(4-2-10)13(12(15)16)5-7-17-8-6-13/h1-4,14H,5-9H2,(H,15,16). The van der Waals surface area contributed by atoms with Crippen molar-refractivity contribution in [2.24, 2.45) is 0 Å². The topological polar surface area (TPSA) is 66.8 Å². The Morgan fingerprint density at radius 2 is 1.82 bits per heavy atom. The van der Waals surface area contributed by atoms with Crippen LogP contribution in [0, 0.1) is 0 Å². The summed E-state index contributed by atoms with van der Waals surface area (Å²) in [5.41, 5.74) is 0.763. The molecule has 1 heterocycles. The van der Waals surface area contributed by atoms with Crippen molar-refractivity contribution in [3.8, 4) is 0 Å². The van der Waals surface area contributed by atoms with Gasteiger partial charge < -0.3 is 14.9 Å². The Hall–Kier alpha value is -1.39. The van der Waals surface area contributed by atoms with Crippen LogP contribution in [0.15, 0.2) is 24.3 Å². The van der Waals surface area contributed by atoms with Gasteiger partial charge >= 0.3 is 5.97 Å². The van der Waals surface area contributed by atoms with Gasteiger partial charge in [0.2, 0.25) is 0 Å². The molecule has 92 valence electrons. The van der Waals surface area contributed by atoms with Crippen LogP contribution in [-0.4, -0.2) is 29.4 Å². The first-order valence-corrected chi connectivity index (χ1v) is 5.70. The third-order valence-corrected chi connectivity index (χ3v) is 3.44. The third-order valence-electron chi connectivity index (χ3n) is 3.44. The van der Waals surface area contributed by atoms with Crippen LogP contribution in [0.25, 0.3) is 0 Å². The zero-order valence-electron chi connectivity index (χ0n) is 9.56. The van der Waals surface area contributed by atoms with Gasteiger partial charge in [0.15, 0.2) is 0 Å². The zero-order chi connectivity index (χ0) is 12.3. The maximum atomic E-state index is 11.5. The van der Waals surface area contributed by atoms with E-state index in [0.717, 1.165) is 11.1 Å². The number of rotatable bonds is 3. The average Bonchev–Trinajstić information content (AvgIpc) is 2.39. The quantitative estimate of drug-likeness (QED) is 0.830. The molecule has 2 rings (SSSR count). The fourth-order valence-corrected chi connectivity index (χ4v) is 2.28. The molecule has 0 radical (unpaired) electrons. The van der Waals surface area contributed by atoms with E-state index in [0.29, 0.717) is 26.1 Å². The molecule has 1 aliphatic heterocycles. The smallest absolute Gasteiger partial charge is 0.314 e. The predicted octanol–water partition coefficient (Wildman–Crippen LogP) is 1.31. The molecule has 1 aromatic rings. The molecule has 17 heavy (non-hydrogen) atoms. The van der Waals surface area contributed by atoms with E-state index in [1.807, 2.05) is 0 Å². The molecule has 0 amide bonds. The number of hydrogen-bond donors (Lipinski definition) is 2. The summed E-state index contributed by atoms with van der Waals surface area (Å²) in [4.78, 5) is 11.5. The van der Waals surface area contributed by atoms with Crippen LogP contribution in [-0.2, 0) is 21.6 Å². The van der Waals surface area contributed by atoms with E-state index in [-0.39, 0.29) is 6.61 Å². The molecule has 0 bridgehead atoms. The number of aliphatic hydroxyl groups excluding tert-OH is 1. The highest BCUT2D eigenvalue weighted by Gasteiger charge is 2.41. The number of hydrogen-bond acceptors (Lipinski definition) is 3. The average molecular weight is 236 g/mol. The lowest BCUT2D eigenvalue weighted by Crippen LogP contribution is -2.41. The monoisotopic (exact) mass is 236 g/mol. The van der Waals surface area contributed by atoms with Gasteiger partial charge in [0.25, 0.3) is 0 Å². The molecule has 1 aromatic carbocycles. The molecule has 0 atom stereocenters. The number of carboxylic acids is 1. The lowest BCUT2D eigenvalue weighted by atomic mass is 9.74. The molecule has 0 saturated carbocycles. The van der Waals surface area contributed by atoms with Gasteiger partial charge in [-0.05, 0) is 24.0 Å². The molecule has 4 heteroatoms. The minimum absolute atomic E-state index is 0.0243. The van der Waals surface area contributed by atoms with Crippen molar-refractivity contribution in [2.45, 2.75) is 24.9 Å². The summed E-state index contributed by atoms with van der Waals surface area (Å²) in [6.07, 6.45) is 1.00. The van der Waals surface area contributed by atoms with Crippen molar-refractivity contribution >= 4 is 5.97 Å². The number of ether oxygens (including phenoxy) is 1. The van der Waals surface area contributed by atoms with Gasteiger partial charge in [0.1, 0.15) is 0 Å². The van der Waals surface area contributed by atoms with Crippen LogP contribution < -0.4 is 0 Å². The molecule has 2 N–H and O–H groups in total. The van der Waals surface area contributed by atoms with Crippen molar-refractivity contribution in [1.29, 1.82) is 0 Å². The van der Waals surface area contributed by atoms with Crippen molar-refractivity contribution < 1.29 is 19.7 Å². The van der Waals surface area contributed by atoms with Gasteiger partial charge in [-0.3, -0.25) is 4.79 Å².